The molecule has 0 bridgehead atoms. The molecule has 2 aromatic carbocycles. The van der Waals surface area contributed by atoms with Crippen LogP contribution in [-0.4, -0.2) is 52.7 Å². The number of halogens is 1. The highest BCUT2D eigenvalue weighted by molar-refractivity contribution is 6.01. The standard InChI is InChI=1S/C22H22FN3O2/c1-15(27)17-4-7-20-18(12-17)13-21(24-20)22(28)26-10-8-25(9-11-26)14-16-2-5-19(23)6-3-16/h2-7,12-13,24H,8-11,14H2,1H3. The van der Waals surface area contributed by atoms with Crippen molar-refractivity contribution in [2.45, 2.75) is 13.5 Å². The fraction of sp³-hybridized carbons (Fsp3) is 0.273. The van der Waals surface area contributed by atoms with E-state index in [1.165, 1.54) is 19.1 Å². The number of Topliss-reactive ketones (excluding diaryl/α,β-unsaturated/α-hetero) is 1. The van der Waals surface area contributed by atoms with Gasteiger partial charge in [0, 0.05) is 49.2 Å². The number of H-pyrrole nitrogens is 1. The summed E-state index contributed by atoms with van der Waals surface area (Å²) >= 11 is 0. The summed E-state index contributed by atoms with van der Waals surface area (Å²) < 4.78 is 13.0. The molecule has 1 aromatic heterocycles. The molecule has 1 aliphatic rings. The Hall–Kier alpha value is -2.99. The number of carbonyl (C=O) groups is 2. The van der Waals surface area contributed by atoms with E-state index in [0.29, 0.717) is 24.3 Å². The van der Waals surface area contributed by atoms with Crippen LogP contribution in [0.2, 0.25) is 0 Å². The summed E-state index contributed by atoms with van der Waals surface area (Å²) in [6.07, 6.45) is 0. The number of fused-ring (bicyclic) bond motifs is 1. The zero-order valence-electron chi connectivity index (χ0n) is 15.7. The maximum absolute atomic E-state index is 13.0. The lowest BCUT2D eigenvalue weighted by Crippen LogP contribution is -2.48. The highest BCUT2D eigenvalue weighted by atomic mass is 19.1. The van der Waals surface area contributed by atoms with Crippen LogP contribution in [-0.2, 0) is 6.54 Å². The number of aromatic nitrogens is 1. The van der Waals surface area contributed by atoms with Crippen molar-refractivity contribution >= 4 is 22.6 Å². The van der Waals surface area contributed by atoms with Crippen molar-refractivity contribution in [3.8, 4) is 0 Å². The summed E-state index contributed by atoms with van der Waals surface area (Å²) in [6.45, 7) is 5.13. The van der Waals surface area contributed by atoms with Gasteiger partial charge < -0.3 is 9.88 Å². The molecule has 3 aromatic rings. The van der Waals surface area contributed by atoms with Gasteiger partial charge in [0.1, 0.15) is 11.5 Å². The Bertz CT molecular complexity index is 1020. The van der Waals surface area contributed by atoms with Crippen LogP contribution in [0.4, 0.5) is 4.39 Å². The first kappa shape index (κ1) is 18.4. The highest BCUT2D eigenvalue weighted by Crippen LogP contribution is 2.19. The molecule has 1 saturated heterocycles. The van der Waals surface area contributed by atoms with Crippen molar-refractivity contribution in [1.29, 1.82) is 0 Å². The molecule has 0 saturated carbocycles. The van der Waals surface area contributed by atoms with E-state index < -0.39 is 0 Å². The quantitative estimate of drug-likeness (QED) is 0.707. The van der Waals surface area contributed by atoms with Gasteiger partial charge in [0.15, 0.2) is 5.78 Å². The molecular formula is C22H22FN3O2. The summed E-state index contributed by atoms with van der Waals surface area (Å²) in [5.74, 6) is -0.247. The number of benzene rings is 2. The molecule has 0 spiro atoms. The lowest BCUT2D eigenvalue weighted by molar-refractivity contribution is 0.0623. The molecule has 1 amide bonds. The summed E-state index contributed by atoms with van der Waals surface area (Å²) in [5.41, 5.74) is 3.10. The second-order valence-electron chi connectivity index (χ2n) is 7.24. The molecule has 0 atom stereocenters. The molecule has 2 heterocycles. The minimum absolute atomic E-state index is 0.00764. The number of amides is 1. The highest BCUT2D eigenvalue weighted by Gasteiger charge is 2.23. The molecule has 1 N–H and O–H groups in total. The van der Waals surface area contributed by atoms with Gasteiger partial charge in [-0.1, -0.05) is 12.1 Å². The van der Waals surface area contributed by atoms with Gasteiger partial charge in [-0.2, -0.15) is 0 Å². The fourth-order valence-corrected chi connectivity index (χ4v) is 3.59. The Kier molecular flexibility index (Phi) is 4.96. The van der Waals surface area contributed by atoms with Gasteiger partial charge in [0.25, 0.3) is 5.91 Å². The molecule has 0 radical (unpaired) electrons. The van der Waals surface area contributed by atoms with Gasteiger partial charge in [-0.3, -0.25) is 14.5 Å². The van der Waals surface area contributed by atoms with Crippen LogP contribution in [0.5, 0.6) is 0 Å². The van der Waals surface area contributed by atoms with Gasteiger partial charge in [-0.25, -0.2) is 4.39 Å². The third-order valence-corrected chi connectivity index (χ3v) is 5.24. The molecule has 28 heavy (non-hydrogen) atoms. The van der Waals surface area contributed by atoms with E-state index in [1.807, 2.05) is 23.1 Å². The van der Waals surface area contributed by atoms with Crippen molar-refractivity contribution in [3.63, 3.8) is 0 Å². The number of rotatable bonds is 4. The summed E-state index contributed by atoms with van der Waals surface area (Å²) in [5, 5.41) is 0.867. The van der Waals surface area contributed by atoms with Crippen LogP contribution in [0, 0.1) is 5.82 Å². The molecular weight excluding hydrogens is 357 g/mol. The van der Waals surface area contributed by atoms with Crippen LogP contribution in [0.1, 0.15) is 33.3 Å². The fourth-order valence-electron chi connectivity index (χ4n) is 3.59. The van der Waals surface area contributed by atoms with Crippen LogP contribution in [0.25, 0.3) is 10.9 Å². The maximum atomic E-state index is 13.0. The van der Waals surface area contributed by atoms with Crippen LogP contribution in [0.3, 0.4) is 0 Å². The van der Waals surface area contributed by atoms with Crippen molar-refractivity contribution in [2.24, 2.45) is 0 Å². The zero-order chi connectivity index (χ0) is 19.7. The Labute approximate surface area is 162 Å². The molecule has 0 aliphatic carbocycles. The third-order valence-electron chi connectivity index (χ3n) is 5.24. The van der Waals surface area contributed by atoms with E-state index >= 15 is 0 Å². The van der Waals surface area contributed by atoms with E-state index in [4.69, 9.17) is 0 Å². The van der Waals surface area contributed by atoms with E-state index in [-0.39, 0.29) is 17.5 Å². The summed E-state index contributed by atoms with van der Waals surface area (Å²) in [7, 11) is 0. The number of aromatic amines is 1. The van der Waals surface area contributed by atoms with Crippen molar-refractivity contribution in [1.82, 2.24) is 14.8 Å². The van der Waals surface area contributed by atoms with E-state index in [2.05, 4.69) is 9.88 Å². The second kappa shape index (κ2) is 7.56. The lowest BCUT2D eigenvalue weighted by atomic mass is 10.1. The smallest absolute Gasteiger partial charge is 0.270 e. The summed E-state index contributed by atoms with van der Waals surface area (Å²) in [4.78, 5) is 31.7. The minimum atomic E-state index is -0.229. The van der Waals surface area contributed by atoms with Gasteiger partial charge in [0.2, 0.25) is 0 Å². The number of hydrogen-bond donors (Lipinski definition) is 1. The topological polar surface area (TPSA) is 56.4 Å². The monoisotopic (exact) mass is 379 g/mol. The number of ketones is 1. The first-order valence-corrected chi connectivity index (χ1v) is 9.39. The Balaban J connectivity index is 1.40. The van der Waals surface area contributed by atoms with Gasteiger partial charge >= 0.3 is 0 Å². The molecule has 4 rings (SSSR count). The molecule has 0 unspecified atom stereocenters. The second-order valence-corrected chi connectivity index (χ2v) is 7.24. The van der Waals surface area contributed by atoms with Crippen molar-refractivity contribution in [3.05, 3.63) is 71.2 Å². The SMILES string of the molecule is CC(=O)c1ccc2[nH]c(C(=O)N3CCN(Cc4ccc(F)cc4)CC3)cc2c1. The maximum Gasteiger partial charge on any atom is 0.270 e. The predicted octanol–water partition coefficient (Wildman–Crippen LogP) is 3.47. The van der Waals surface area contributed by atoms with Crippen molar-refractivity contribution in [2.75, 3.05) is 26.2 Å². The Morgan fingerprint density at radius 2 is 1.71 bits per heavy atom. The van der Waals surface area contributed by atoms with Gasteiger partial charge in [0.05, 0.1) is 0 Å². The molecule has 5 nitrogen and oxygen atoms in total. The molecule has 144 valence electrons. The third kappa shape index (κ3) is 3.82. The minimum Gasteiger partial charge on any atom is -0.351 e. The van der Waals surface area contributed by atoms with Crippen molar-refractivity contribution < 1.29 is 14.0 Å². The number of hydrogen-bond acceptors (Lipinski definition) is 3. The first-order valence-electron chi connectivity index (χ1n) is 9.39. The van der Waals surface area contributed by atoms with Crippen LogP contribution >= 0.6 is 0 Å². The Morgan fingerprint density at radius 1 is 1.00 bits per heavy atom. The lowest BCUT2D eigenvalue weighted by Gasteiger charge is -2.34. The zero-order valence-corrected chi connectivity index (χ0v) is 15.7. The number of carbonyl (C=O) groups excluding carboxylic acids is 2. The van der Waals surface area contributed by atoms with Gasteiger partial charge in [-0.15, -0.1) is 0 Å². The number of nitrogens with one attached hydrogen (secondary N) is 1. The average molecular weight is 379 g/mol. The predicted molar refractivity (Wildman–Crippen MR) is 106 cm³/mol. The van der Waals surface area contributed by atoms with Gasteiger partial charge in [-0.05, 0) is 48.9 Å². The largest absolute Gasteiger partial charge is 0.351 e. The Morgan fingerprint density at radius 3 is 2.39 bits per heavy atom. The summed E-state index contributed by atoms with van der Waals surface area (Å²) in [6, 6.07) is 13.8. The van der Waals surface area contributed by atoms with Crippen LogP contribution in [0.15, 0.2) is 48.5 Å². The number of piperazine rings is 1. The molecule has 1 aliphatic heterocycles. The molecule has 1 fully saturated rings. The van der Waals surface area contributed by atoms with E-state index in [1.54, 1.807) is 18.2 Å². The number of nitrogens with zero attached hydrogens (tertiary/aromatic N) is 2. The average Bonchev–Trinajstić information content (AvgIpc) is 3.13. The molecule has 6 heteroatoms. The van der Waals surface area contributed by atoms with E-state index in [9.17, 15) is 14.0 Å². The van der Waals surface area contributed by atoms with Crippen LogP contribution < -0.4 is 0 Å². The van der Waals surface area contributed by atoms with E-state index in [0.717, 1.165) is 36.1 Å². The first-order chi connectivity index (χ1) is 13.5. The normalized spacial score (nSPS) is 15.1.